The third-order valence-electron chi connectivity index (χ3n) is 5.30. The molecule has 7 heteroatoms. The van der Waals surface area contributed by atoms with E-state index in [1.165, 1.54) is 0 Å². The zero-order valence-electron chi connectivity index (χ0n) is 20.1. The van der Waals surface area contributed by atoms with Crippen LogP contribution < -0.4 is 20.1 Å². The van der Waals surface area contributed by atoms with Crippen molar-refractivity contribution in [2.75, 3.05) is 39.4 Å². The maximum Gasteiger partial charge on any atom is 0.251 e. The molecular weight excluding hydrogens is 418 g/mol. The first-order chi connectivity index (χ1) is 16.1. The topological polar surface area (TPSA) is 79.9 Å². The van der Waals surface area contributed by atoms with Gasteiger partial charge in [-0.2, -0.15) is 0 Å². The van der Waals surface area contributed by atoms with Crippen LogP contribution in [0, 0.1) is 0 Å². The van der Waals surface area contributed by atoms with Crippen LogP contribution >= 0.6 is 0 Å². The molecule has 0 bridgehead atoms. The first-order valence-electron chi connectivity index (χ1n) is 11.8. The number of ether oxygens (including phenoxy) is 2. The molecule has 0 aliphatic carbocycles. The average Bonchev–Trinajstić information content (AvgIpc) is 2.85. The largest absolute Gasteiger partial charge is 0.494 e. The second-order valence-corrected chi connectivity index (χ2v) is 7.67. The van der Waals surface area contributed by atoms with Crippen LogP contribution in [0.15, 0.2) is 48.5 Å². The van der Waals surface area contributed by atoms with Gasteiger partial charge in [0.2, 0.25) is 5.91 Å². The van der Waals surface area contributed by atoms with Crippen molar-refractivity contribution in [3.63, 3.8) is 0 Å². The summed E-state index contributed by atoms with van der Waals surface area (Å²) in [6.45, 7) is 10.7. The fourth-order valence-corrected chi connectivity index (χ4v) is 3.17. The Labute approximate surface area is 197 Å². The molecule has 0 aliphatic rings. The maximum atomic E-state index is 12.3. The molecule has 2 aromatic carbocycles. The molecule has 0 spiro atoms. The molecule has 0 radical (unpaired) electrons. The molecule has 0 saturated carbocycles. The first kappa shape index (κ1) is 26.2. The van der Waals surface area contributed by atoms with E-state index in [9.17, 15) is 9.59 Å². The van der Waals surface area contributed by atoms with E-state index in [0.717, 1.165) is 49.5 Å². The second-order valence-electron chi connectivity index (χ2n) is 7.67. The zero-order chi connectivity index (χ0) is 23.9. The minimum atomic E-state index is -0.301. The van der Waals surface area contributed by atoms with Crippen LogP contribution in [-0.2, 0) is 11.3 Å². The summed E-state index contributed by atoms with van der Waals surface area (Å²) in [6, 6.07) is 14.6. The summed E-state index contributed by atoms with van der Waals surface area (Å²) in [4.78, 5) is 26.9. The molecule has 2 rings (SSSR count). The fourth-order valence-electron chi connectivity index (χ4n) is 3.17. The third kappa shape index (κ3) is 9.53. The van der Waals surface area contributed by atoms with Gasteiger partial charge in [-0.1, -0.05) is 45.4 Å². The second kappa shape index (κ2) is 14.9. The van der Waals surface area contributed by atoms with E-state index in [4.69, 9.17) is 9.47 Å². The van der Waals surface area contributed by atoms with Crippen LogP contribution in [0.5, 0.6) is 11.5 Å². The maximum absolute atomic E-state index is 12.3. The van der Waals surface area contributed by atoms with Crippen molar-refractivity contribution < 1.29 is 19.1 Å². The quantitative estimate of drug-likeness (QED) is 0.401. The molecular formula is C26H37N3O4. The normalized spacial score (nSPS) is 10.7. The molecule has 2 N–H and O–H groups in total. The first-order valence-corrected chi connectivity index (χ1v) is 11.8. The number of benzene rings is 2. The molecule has 2 amide bonds. The van der Waals surface area contributed by atoms with Crippen molar-refractivity contribution in [2.45, 2.75) is 40.2 Å². The lowest BCUT2D eigenvalue weighted by Crippen LogP contribution is -2.36. The number of nitrogens with one attached hydrogen (secondary N) is 2. The molecule has 0 saturated heterocycles. The Kier molecular flexibility index (Phi) is 11.8. The highest BCUT2D eigenvalue weighted by Crippen LogP contribution is 2.17. The Bertz CT molecular complexity index is 851. The Hall–Kier alpha value is -3.06. The van der Waals surface area contributed by atoms with Crippen molar-refractivity contribution in [2.24, 2.45) is 0 Å². The van der Waals surface area contributed by atoms with Gasteiger partial charge in [0.05, 0.1) is 13.2 Å². The van der Waals surface area contributed by atoms with Crippen molar-refractivity contribution in [3.8, 4) is 11.5 Å². The lowest BCUT2D eigenvalue weighted by Gasteiger charge is -2.19. The van der Waals surface area contributed by atoms with Gasteiger partial charge in [0, 0.05) is 24.2 Å². The van der Waals surface area contributed by atoms with Gasteiger partial charge in [0.25, 0.3) is 5.91 Å². The highest BCUT2D eigenvalue weighted by atomic mass is 16.5. The molecule has 0 aromatic heterocycles. The van der Waals surface area contributed by atoms with E-state index < -0.39 is 0 Å². The highest BCUT2D eigenvalue weighted by molar-refractivity contribution is 5.96. The standard InChI is InChI=1S/C26H37N3O4/c1-4-7-17-32-23-14-12-21(13-15-23)26(31)28-20-25(30)27-19-22-10-8-9-11-24(22)33-18-16-29(5-2)6-3/h8-15H,4-7,16-20H2,1-3H3,(H,27,30)(H,28,31). The van der Waals surface area contributed by atoms with E-state index in [2.05, 4.69) is 36.3 Å². The summed E-state index contributed by atoms with van der Waals surface area (Å²) in [5.41, 5.74) is 1.38. The van der Waals surface area contributed by atoms with Gasteiger partial charge in [-0.15, -0.1) is 0 Å². The minimum absolute atomic E-state index is 0.0986. The number of para-hydroxylation sites is 1. The summed E-state index contributed by atoms with van der Waals surface area (Å²) < 4.78 is 11.5. The van der Waals surface area contributed by atoms with Crippen molar-refractivity contribution in [1.82, 2.24) is 15.5 Å². The minimum Gasteiger partial charge on any atom is -0.494 e. The number of carbonyl (C=O) groups excluding carboxylic acids is 2. The number of hydrogen-bond acceptors (Lipinski definition) is 5. The van der Waals surface area contributed by atoms with Gasteiger partial charge in [0.1, 0.15) is 18.1 Å². The Morgan fingerprint density at radius 1 is 0.879 bits per heavy atom. The lowest BCUT2D eigenvalue weighted by atomic mass is 10.2. The zero-order valence-corrected chi connectivity index (χ0v) is 20.1. The smallest absolute Gasteiger partial charge is 0.251 e. The summed E-state index contributed by atoms with van der Waals surface area (Å²) in [5, 5.41) is 5.49. The van der Waals surface area contributed by atoms with Gasteiger partial charge >= 0.3 is 0 Å². The van der Waals surface area contributed by atoms with Gasteiger partial charge in [0.15, 0.2) is 0 Å². The number of amides is 2. The third-order valence-corrected chi connectivity index (χ3v) is 5.30. The molecule has 0 heterocycles. The van der Waals surface area contributed by atoms with Gasteiger partial charge in [-0.3, -0.25) is 9.59 Å². The summed E-state index contributed by atoms with van der Waals surface area (Å²) in [6.07, 6.45) is 2.06. The molecule has 2 aromatic rings. The molecule has 180 valence electrons. The van der Waals surface area contributed by atoms with E-state index in [0.29, 0.717) is 25.3 Å². The van der Waals surface area contributed by atoms with Gasteiger partial charge < -0.3 is 25.0 Å². The van der Waals surface area contributed by atoms with Crippen LogP contribution in [0.4, 0.5) is 0 Å². The van der Waals surface area contributed by atoms with Crippen LogP contribution in [0.3, 0.4) is 0 Å². The van der Waals surface area contributed by atoms with Crippen molar-refractivity contribution >= 4 is 11.8 Å². The Morgan fingerprint density at radius 2 is 1.61 bits per heavy atom. The predicted octanol–water partition coefficient (Wildman–Crippen LogP) is 3.63. The predicted molar refractivity (Wildman–Crippen MR) is 131 cm³/mol. The van der Waals surface area contributed by atoms with Crippen molar-refractivity contribution in [3.05, 3.63) is 59.7 Å². The van der Waals surface area contributed by atoms with Crippen LogP contribution in [0.25, 0.3) is 0 Å². The van der Waals surface area contributed by atoms with Crippen LogP contribution in [0.2, 0.25) is 0 Å². The number of rotatable bonds is 15. The van der Waals surface area contributed by atoms with Crippen molar-refractivity contribution in [1.29, 1.82) is 0 Å². The monoisotopic (exact) mass is 455 g/mol. The number of unbranched alkanes of at least 4 members (excludes halogenated alkanes) is 1. The van der Waals surface area contributed by atoms with Crippen LogP contribution in [-0.4, -0.2) is 56.1 Å². The van der Waals surface area contributed by atoms with E-state index in [1.54, 1.807) is 24.3 Å². The molecule has 0 unspecified atom stereocenters. The highest BCUT2D eigenvalue weighted by Gasteiger charge is 2.10. The average molecular weight is 456 g/mol. The number of nitrogens with zero attached hydrogens (tertiary/aromatic N) is 1. The summed E-state index contributed by atoms with van der Waals surface area (Å²) in [7, 11) is 0. The molecule has 33 heavy (non-hydrogen) atoms. The summed E-state index contributed by atoms with van der Waals surface area (Å²) >= 11 is 0. The fraction of sp³-hybridized carbons (Fsp3) is 0.462. The number of carbonyl (C=O) groups is 2. The molecule has 0 fully saturated rings. The summed E-state index contributed by atoms with van der Waals surface area (Å²) in [5.74, 6) is 0.928. The SMILES string of the molecule is CCCCOc1ccc(C(=O)NCC(=O)NCc2ccccc2OCCN(CC)CC)cc1. The molecule has 0 atom stereocenters. The Morgan fingerprint density at radius 3 is 2.30 bits per heavy atom. The van der Waals surface area contributed by atoms with Crippen LogP contribution in [0.1, 0.15) is 49.5 Å². The molecule has 0 aliphatic heterocycles. The Balaban J connectivity index is 1.76. The van der Waals surface area contributed by atoms with E-state index in [1.807, 2.05) is 24.3 Å². The van der Waals surface area contributed by atoms with Gasteiger partial charge in [-0.05, 0) is 49.8 Å². The number of likely N-dealkylation sites (N-methyl/N-ethyl adjacent to an activating group) is 1. The van der Waals surface area contributed by atoms with Gasteiger partial charge in [-0.25, -0.2) is 0 Å². The van der Waals surface area contributed by atoms with E-state index >= 15 is 0 Å². The lowest BCUT2D eigenvalue weighted by molar-refractivity contribution is -0.120. The molecule has 7 nitrogen and oxygen atoms in total. The van der Waals surface area contributed by atoms with E-state index in [-0.39, 0.29) is 18.4 Å². The number of hydrogen-bond donors (Lipinski definition) is 2.